The van der Waals surface area contributed by atoms with Crippen molar-refractivity contribution in [1.29, 1.82) is 0 Å². The smallest absolute Gasteiger partial charge is 0.120 e. The van der Waals surface area contributed by atoms with Gasteiger partial charge in [0.05, 0.1) is 0 Å². The van der Waals surface area contributed by atoms with Gasteiger partial charge in [0, 0.05) is 35.6 Å². The van der Waals surface area contributed by atoms with Gasteiger partial charge in [0.15, 0.2) is 0 Å². The van der Waals surface area contributed by atoms with Crippen LogP contribution in [0.2, 0.25) is 5.02 Å². The highest BCUT2D eigenvalue weighted by Gasteiger charge is 2.31. The minimum absolute atomic E-state index is 0.253. The highest BCUT2D eigenvalue weighted by Crippen LogP contribution is 2.42. The molecule has 1 atom stereocenters. The van der Waals surface area contributed by atoms with Crippen molar-refractivity contribution in [3.8, 4) is 0 Å². The maximum atomic E-state index is 10.7. The van der Waals surface area contributed by atoms with Gasteiger partial charge in [-0.15, -0.1) is 0 Å². The number of carbonyl (C=O) groups excluding carboxylic acids is 1. The van der Waals surface area contributed by atoms with E-state index in [0.29, 0.717) is 12.5 Å². The van der Waals surface area contributed by atoms with E-state index < -0.39 is 0 Å². The van der Waals surface area contributed by atoms with Crippen molar-refractivity contribution in [2.24, 2.45) is 0 Å². The van der Waals surface area contributed by atoms with Gasteiger partial charge in [-0.05, 0) is 31.5 Å². The molecule has 2 rings (SSSR count). The zero-order valence-electron chi connectivity index (χ0n) is 9.61. The average molecular weight is 238 g/mol. The Kier molecular flexibility index (Phi) is 3.20. The van der Waals surface area contributed by atoms with Crippen LogP contribution in [0.5, 0.6) is 0 Å². The van der Waals surface area contributed by atoms with E-state index >= 15 is 0 Å². The highest BCUT2D eigenvalue weighted by molar-refractivity contribution is 6.32. The second-order valence-corrected chi connectivity index (χ2v) is 4.93. The van der Waals surface area contributed by atoms with Crippen molar-refractivity contribution in [1.82, 2.24) is 0 Å². The Labute approximate surface area is 101 Å². The number of carbonyl (C=O) groups is 1. The molecule has 0 bridgehead atoms. The summed E-state index contributed by atoms with van der Waals surface area (Å²) in [6, 6.07) is 6.40. The fourth-order valence-electron chi connectivity index (χ4n) is 2.40. The molecule has 0 N–H and O–H groups in total. The van der Waals surface area contributed by atoms with E-state index in [4.69, 9.17) is 11.6 Å². The van der Waals surface area contributed by atoms with Gasteiger partial charge < -0.3 is 9.69 Å². The number of rotatable bonds is 3. The highest BCUT2D eigenvalue weighted by atomic mass is 35.5. The van der Waals surface area contributed by atoms with E-state index in [1.54, 1.807) is 0 Å². The van der Waals surface area contributed by atoms with Crippen LogP contribution in [0, 0.1) is 0 Å². The Morgan fingerprint density at radius 2 is 2.31 bits per heavy atom. The topological polar surface area (TPSA) is 20.3 Å². The largest absolute Gasteiger partial charge is 0.368 e. The Balaban J connectivity index is 2.44. The summed E-state index contributed by atoms with van der Waals surface area (Å²) in [5.74, 6) is 0.253. The van der Waals surface area contributed by atoms with Crippen LogP contribution in [-0.2, 0) is 4.79 Å². The van der Waals surface area contributed by atoms with E-state index in [1.807, 2.05) is 12.1 Å². The van der Waals surface area contributed by atoms with E-state index in [-0.39, 0.29) is 5.92 Å². The van der Waals surface area contributed by atoms with Crippen LogP contribution in [0.1, 0.15) is 31.7 Å². The summed E-state index contributed by atoms with van der Waals surface area (Å²) in [5, 5.41) is 0.785. The third kappa shape index (κ3) is 1.82. The Bertz CT molecular complexity index is 403. The lowest BCUT2D eigenvalue weighted by molar-refractivity contribution is -0.108. The molecule has 0 amide bonds. The van der Waals surface area contributed by atoms with Crippen LogP contribution in [0.15, 0.2) is 18.2 Å². The molecule has 1 aromatic carbocycles. The molecule has 1 aliphatic rings. The third-order valence-electron chi connectivity index (χ3n) is 3.17. The van der Waals surface area contributed by atoms with Crippen molar-refractivity contribution >= 4 is 23.6 Å². The summed E-state index contributed by atoms with van der Waals surface area (Å²) in [4.78, 5) is 13.0. The van der Waals surface area contributed by atoms with E-state index in [2.05, 4.69) is 24.8 Å². The first kappa shape index (κ1) is 11.5. The van der Waals surface area contributed by atoms with Crippen LogP contribution < -0.4 is 4.90 Å². The Hall–Kier alpha value is -1.02. The lowest BCUT2D eigenvalue weighted by Crippen LogP contribution is -2.29. The molecule has 1 aliphatic heterocycles. The summed E-state index contributed by atoms with van der Waals surface area (Å²) >= 11 is 6.23. The quantitative estimate of drug-likeness (QED) is 0.753. The van der Waals surface area contributed by atoms with E-state index in [1.165, 1.54) is 5.69 Å². The van der Waals surface area contributed by atoms with Crippen molar-refractivity contribution < 1.29 is 4.79 Å². The summed E-state index contributed by atoms with van der Waals surface area (Å²) in [5.41, 5.74) is 2.33. The molecule has 0 fully saturated rings. The minimum Gasteiger partial charge on any atom is -0.368 e. The summed E-state index contributed by atoms with van der Waals surface area (Å²) in [7, 11) is 0. The number of benzene rings is 1. The first-order chi connectivity index (χ1) is 7.65. The maximum absolute atomic E-state index is 10.7. The number of anilines is 1. The maximum Gasteiger partial charge on any atom is 0.120 e. The number of halogens is 1. The lowest BCUT2D eigenvalue weighted by atomic mass is 9.99. The molecule has 0 aromatic heterocycles. The predicted molar refractivity (Wildman–Crippen MR) is 67.4 cm³/mol. The summed E-state index contributed by atoms with van der Waals surface area (Å²) in [6.07, 6.45) is 1.54. The molecule has 0 aliphatic carbocycles. The number of aldehydes is 1. The Morgan fingerprint density at radius 3 is 2.94 bits per heavy atom. The van der Waals surface area contributed by atoms with Gasteiger partial charge in [0.25, 0.3) is 0 Å². The molecular formula is C13H16ClNO. The molecule has 0 radical (unpaired) electrons. The minimum atomic E-state index is 0.253. The van der Waals surface area contributed by atoms with E-state index in [9.17, 15) is 4.79 Å². The normalized spacial score (nSPS) is 19.0. The molecule has 2 nitrogen and oxygen atoms in total. The molecule has 1 heterocycles. The zero-order valence-corrected chi connectivity index (χ0v) is 10.4. The molecule has 1 aromatic rings. The molecular weight excluding hydrogens is 222 g/mol. The average Bonchev–Trinajstić information content (AvgIpc) is 2.59. The molecule has 16 heavy (non-hydrogen) atoms. The molecule has 86 valence electrons. The van der Waals surface area contributed by atoms with Crippen LogP contribution in [0.25, 0.3) is 0 Å². The van der Waals surface area contributed by atoms with Crippen molar-refractivity contribution in [2.75, 3.05) is 11.4 Å². The van der Waals surface area contributed by atoms with Gasteiger partial charge in [-0.25, -0.2) is 0 Å². The van der Waals surface area contributed by atoms with Gasteiger partial charge in [-0.3, -0.25) is 0 Å². The fourth-order valence-corrected chi connectivity index (χ4v) is 2.73. The molecule has 1 unspecified atom stereocenters. The third-order valence-corrected chi connectivity index (χ3v) is 3.50. The fraction of sp³-hybridized carbons (Fsp3) is 0.462. The second-order valence-electron chi connectivity index (χ2n) is 4.52. The van der Waals surface area contributed by atoms with Gasteiger partial charge >= 0.3 is 0 Å². The summed E-state index contributed by atoms with van der Waals surface area (Å²) < 4.78 is 0. The Morgan fingerprint density at radius 1 is 1.56 bits per heavy atom. The molecule has 3 heteroatoms. The van der Waals surface area contributed by atoms with Crippen molar-refractivity contribution in [3.05, 3.63) is 28.8 Å². The first-order valence-corrected chi connectivity index (χ1v) is 6.01. The first-order valence-electron chi connectivity index (χ1n) is 5.63. The number of fused-ring (bicyclic) bond motifs is 1. The summed E-state index contributed by atoms with van der Waals surface area (Å²) in [6.45, 7) is 5.22. The molecule has 0 spiro atoms. The van der Waals surface area contributed by atoms with Crippen LogP contribution in [-0.4, -0.2) is 18.9 Å². The second kappa shape index (κ2) is 4.46. The van der Waals surface area contributed by atoms with Crippen molar-refractivity contribution in [3.63, 3.8) is 0 Å². The van der Waals surface area contributed by atoms with Crippen LogP contribution in [0.4, 0.5) is 5.69 Å². The zero-order chi connectivity index (χ0) is 11.7. The van der Waals surface area contributed by atoms with Gasteiger partial charge in [-0.1, -0.05) is 17.7 Å². The van der Waals surface area contributed by atoms with Gasteiger partial charge in [-0.2, -0.15) is 0 Å². The standard InChI is InChI=1S/C13H16ClNO/c1-9(2)15-8-10(6-7-16)13-11(14)4-3-5-12(13)15/h3-5,7,9-10H,6,8H2,1-2H3. The van der Waals surface area contributed by atoms with Gasteiger partial charge in [0.2, 0.25) is 0 Å². The van der Waals surface area contributed by atoms with Crippen LogP contribution >= 0.6 is 11.6 Å². The lowest BCUT2D eigenvalue weighted by Gasteiger charge is -2.24. The predicted octanol–water partition coefficient (Wildman–Crippen LogP) is 3.24. The number of nitrogens with zero attached hydrogens (tertiary/aromatic N) is 1. The van der Waals surface area contributed by atoms with Gasteiger partial charge in [0.1, 0.15) is 6.29 Å². The monoisotopic (exact) mass is 237 g/mol. The molecule has 0 saturated heterocycles. The molecule has 0 saturated carbocycles. The van der Waals surface area contributed by atoms with E-state index in [0.717, 1.165) is 23.4 Å². The SMILES string of the molecule is CC(C)N1CC(CC=O)c2c(Cl)cccc21. The van der Waals surface area contributed by atoms with Crippen molar-refractivity contribution in [2.45, 2.75) is 32.2 Å². The number of hydrogen-bond donors (Lipinski definition) is 0. The van der Waals surface area contributed by atoms with Crippen LogP contribution in [0.3, 0.4) is 0 Å². The number of hydrogen-bond acceptors (Lipinski definition) is 2.